The third-order valence-corrected chi connectivity index (χ3v) is 5.09. The number of ether oxygens (including phenoxy) is 1. The van der Waals surface area contributed by atoms with Crippen molar-refractivity contribution in [1.29, 1.82) is 0 Å². The van der Waals surface area contributed by atoms with Gasteiger partial charge in [-0.15, -0.1) is 0 Å². The highest BCUT2D eigenvalue weighted by molar-refractivity contribution is 5.95. The van der Waals surface area contributed by atoms with Gasteiger partial charge in [-0.3, -0.25) is 4.79 Å². The van der Waals surface area contributed by atoms with E-state index in [0.717, 1.165) is 6.42 Å². The molecule has 1 heterocycles. The Morgan fingerprint density at radius 1 is 1.18 bits per heavy atom. The molecule has 1 aliphatic heterocycles. The second-order valence-corrected chi connectivity index (χ2v) is 8.41. The number of β-amino-alcohol motifs (C(OH)–C–C–N with tert-alkyl or cyclic N) is 1. The first-order chi connectivity index (χ1) is 13.2. The Bertz CT molecular complexity index is 828. The smallest absolute Gasteiger partial charge is 0.262 e. The zero-order chi connectivity index (χ0) is 20.3. The number of anilines is 1. The summed E-state index contributed by atoms with van der Waals surface area (Å²) in [7, 11) is 0. The number of nitrogens with one attached hydrogen (secondary N) is 2. The Hall–Kier alpha value is -2.37. The molecule has 0 aromatic heterocycles. The lowest BCUT2D eigenvalue weighted by atomic mass is 9.92. The number of amides is 1. The first-order valence-corrected chi connectivity index (χ1v) is 9.83. The number of aliphatic hydroxyl groups is 1. The van der Waals surface area contributed by atoms with Gasteiger partial charge in [0.1, 0.15) is 5.75 Å². The Labute approximate surface area is 167 Å². The van der Waals surface area contributed by atoms with Crippen LogP contribution in [0.25, 0.3) is 0 Å². The van der Waals surface area contributed by atoms with E-state index in [-0.39, 0.29) is 18.1 Å². The number of carbonyl (C=O) groups is 1. The van der Waals surface area contributed by atoms with Gasteiger partial charge < -0.3 is 20.5 Å². The van der Waals surface area contributed by atoms with Crippen molar-refractivity contribution in [2.45, 2.75) is 51.7 Å². The summed E-state index contributed by atoms with van der Waals surface area (Å²) in [6.45, 7) is 9.02. The maximum atomic E-state index is 11.5. The maximum absolute atomic E-state index is 11.5. The molecular formula is C23H30N2O3. The largest absolute Gasteiger partial charge is 0.481 e. The molecule has 3 N–H and O–H groups in total. The van der Waals surface area contributed by atoms with E-state index in [2.05, 4.69) is 62.6 Å². The predicted octanol–water partition coefficient (Wildman–Crippen LogP) is 3.79. The molecule has 1 aliphatic rings. The summed E-state index contributed by atoms with van der Waals surface area (Å²) < 4.78 is 5.55. The van der Waals surface area contributed by atoms with Crippen molar-refractivity contribution in [3.63, 3.8) is 0 Å². The number of carbonyl (C=O) groups excluding carboxylic acids is 1. The SMILES string of the molecule is CC(C)c1ccc(CC(C)(C)NCC(O)c2cccc3c2OCC(=O)N3)cc1. The van der Waals surface area contributed by atoms with Gasteiger partial charge in [0.25, 0.3) is 5.91 Å². The minimum atomic E-state index is -0.729. The summed E-state index contributed by atoms with van der Waals surface area (Å²) >= 11 is 0. The molecule has 0 aliphatic carbocycles. The Morgan fingerprint density at radius 3 is 2.57 bits per heavy atom. The molecule has 0 spiro atoms. The van der Waals surface area contributed by atoms with Crippen LogP contribution in [0.1, 0.15) is 56.4 Å². The van der Waals surface area contributed by atoms with Crippen molar-refractivity contribution in [3.8, 4) is 5.75 Å². The molecule has 150 valence electrons. The van der Waals surface area contributed by atoms with Crippen molar-refractivity contribution >= 4 is 11.6 Å². The van der Waals surface area contributed by atoms with Crippen LogP contribution in [-0.4, -0.2) is 29.7 Å². The fourth-order valence-electron chi connectivity index (χ4n) is 3.48. The van der Waals surface area contributed by atoms with Crippen LogP contribution in [0.4, 0.5) is 5.69 Å². The molecular weight excluding hydrogens is 352 g/mol. The number of para-hydroxylation sites is 1. The normalized spacial score (nSPS) is 15.0. The van der Waals surface area contributed by atoms with Crippen LogP contribution in [0.15, 0.2) is 42.5 Å². The summed E-state index contributed by atoms with van der Waals surface area (Å²) in [4.78, 5) is 11.5. The van der Waals surface area contributed by atoms with Crippen LogP contribution in [-0.2, 0) is 11.2 Å². The topological polar surface area (TPSA) is 70.6 Å². The van der Waals surface area contributed by atoms with Crippen LogP contribution >= 0.6 is 0 Å². The van der Waals surface area contributed by atoms with Crippen LogP contribution in [0, 0.1) is 0 Å². The number of fused-ring (bicyclic) bond motifs is 1. The van der Waals surface area contributed by atoms with E-state index in [1.807, 2.05) is 12.1 Å². The van der Waals surface area contributed by atoms with E-state index < -0.39 is 6.10 Å². The molecule has 2 aromatic carbocycles. The van der Waals surface area contributed by atoms with Gasteiger partial charge in [-0.05, 0) is 43.4 Å². The van der Waals surface area contributed by atoms with E-state index in [0.29, 0.717) is 29.5 Å². The second kappa shape index (κ2) is 8.33. The molecule has 1 atom stereocenters. The summed E-state index contributed by atoms with van der Waals surface area (Å²) in [6, 6.07) is 14.2. The van der Waals surface area contributed by atoms with Crippen LogP contribution in [0.2, 0.25) is 0 Å². The number of aliphatic hydroxyl groups excluding tert-OH is 1. The quantitative estimate of drug-likeness (QED) is 0.681. The Kier molecular flexibility index (Phi) is 6.06. The molecule has 0 bridgehead atoms. The van der Waals surface area contributed by atoms with Crippen molar-refractivity contribution in [1.82, 2.24) is 5.32 Å². The standard InChI is InChI=1S/C23H30N2O3/c1-15(2)17-10-8-16(9-11-17)12-23(3,4)24-13-20(26)18-6-5-7-19-22(18)28-14-21(27)25-19/h5-11,15,20,24,26H,12-14H2,1-4H3,(H,25,27). The monoisotopic (exact) mass is 382 g/mol. The molecule has 28 heavy (non-hydrogen) atoms. The van der Waals surface area contributed by atoms with Crippen molar-refractivity contribution in [2.75, 3.05) is 18.5 Å². The van der Waals surface area contributed by atoms with E-state index in [1.165, 1.54) is 11.1 Å². The highest BCUT2D eigenvalue weighted by Crippen LogP contribution is 2.35. The van der Waals surface area contributed by atoms with Crippen LogP contribution in [0.5, 0.6) is 5.75 Å². The van der Waals surface area contributed by atoms with Gasteiger partial charge in [-0.2, -0.15) is 0 Å². The average molecular weight is 383 g/mol. The van der Waals surface area contributed by atoms with Gasteiger partial charge in [-0.25, -0.2) is 0 Å². The average Bonchev–Trinajstić information content (AvgIpc) is 2.65. The fraction of sp³-hybridized carbons (Fsp3) is 0.435. The molecule has 3 rings (SSSR count). The van der Waals surface area contributed by atoms with Crippen molar-refractivity contribution < 1.29 is 14.6 Å². The summed E-state index contributed by atoms with van der Waals surface area (Å²) in [5, 5.41) is 17.0. The molecule has 0 saturated carbocycles. The molecule has 0 fully saturated rings. The number of hydrogen-bond acceptors (Lipinski definition) is 4. The summed E-state index contributed by atoms with van der Waals surface area (Å²) in [5.74, 6) is 0.902. The third kappa shape index (κ3) is 4.91. The molecule has 0 radical (unpaired) electrons. The minimum absolute atomic E-state index is 0.0258. The lowest BCUT2D eigenvalue weighted by Crippen LogP contribution is -2.43. The fourth-order valence-corrected chi connectivity index (χ4v) is 3.48. The zero-order valence-corrected chi connectivity index (χ0v) is 17.1. The molecule has 2 aromatic rings. The van der Waals surface area contributed by atoms with Gasteiger partial charge in [-0.1, -0.05) is 50.2 Å². The molecule has 5 heteroatoms. The predicted molar refractivity (Wildman–Crippen MR) is 112 cm³/mol. The zero-order valence-electron chi connectivity index (χ0n) is 17.1. The number of hydrogen-bond donors (Lipinski definition) is 3. The first-order valence-electron chi connectivity index (χ1n) is 9.83. The Morgan fingerprint density at radius 2 is 1.89 bits per heavy atom. The minimum Gasteiger partial charge on any atom is -0.481 e. The molecule has 1 amide bonds. The lowest BCUT2D eigenvalue weighted by Gasteiger charge is -2.29. The first kappa shape index (κ1) is 20.4. The van der Waals surface area contributed by atoms with Crippen LogP contribution in [0.3, 0.4) is 0 Å². The molecule has 1 unspecified atom stereocenters. The highest BCUT2D eigenvalue weighted by Gasteiger charge is 2.25. The number of rotatable bonds is 7. The van der Waals surface area contributed by atoms with Gasteiger partial charge in [0.15, 0.2) is 6.61 Å². The van der Waals surface area contributed by atoms with E-state index in [9.17, 15) is 9.90 Å². The van der Waals surface area contributed by atoms with Crippen molar-refractivity contribution in [2.24, 2.45) is 0 Å². The van der Waals surface area contributed by atoms with Crippen LogP contribution < -0.4 is 15.4 Å². The van der Waals surface area contributed by atoms with E-state index in [4.69, 9.17) is 4.74 Å². The summed E-state index contributed by atoms with van der Waals surface area (Å²) in [5.41, 5.74) is 3.72. The Balaban J connectivity index is 1.63. The van der Waals surface area contributed by atoms with Gasteiger partial charge >= 0.3 is 0 Å². The third-order valence-electron chi connectivity index (χ3n) is 5.09. The molecule has 0 saturated heterocycles. The van der Waals surface area contributed by atoms with Gasteiger partial charge in [0.2, 0.25) is 0 Å². The lowest BCUT2D eigenvalue weighted by molar-refractivity contribution is -0.118. The van der Waals surface area contributed by atoms with E-state index in [1.54, 1.807) is 6.07 Å². The highest BCUT2D eigenvalue weighted by atomic mass is 16.5. The van der Waals surface area contributed by atoms with Gasteiger partial charge in [0.05, 0.1) is 11.8 Å². The maximum Gasteiger partial charge on any atom is 0.262 e. The summed E-state index contributed by atoms with van der Waals surface area (Å²) in [6.07, 6.45) is 0.130. The second-order valence-electron chi connectivity index (χ2n) is 8.41. The van der Waals surface area contributed by atoms with E-state index >= 15 is 0 Å². The van der Waals surface area contributed by atoms with Crippen molar-refractivity contribution in [3.05, 3.63) is 59.2 Å². The molecule has 5 nitrogen and oxygen atoms in total. The van der Waals surface area contributed by atoms with Gasteiger partial charge in [0, 0.05) is 17.6 Å². The number of benzene rings is 2.